The number of hydrogen-bond donors (Lipinski definition) is 3. The van der Waals surface area contributed by atoms with Crippen molar-refractivity contribution in [3.05, 3.63) is 54.1 Å². The van der Waals surface area contributed by atoms with Crippen LogP contribution in [0.5, 0.6) is 5.75 Å². The van der Waals surface area contributed by atoms with Gasteiger partial charge in [-0.1, -0.05) is 30.3 Å². The Morgan fingerprint density at radius 2 is 1.60 bits per heavy atom. The lowest BCUT2D eigenvalue weighted by Crippen LogP contribution is -1.96. The monoisotopic (exact) mass is 294 g/mol. The van der Waals surface area contributed by atoms with Gasteiger partial charge in [0.15, 0.2) is 0 Å². The number of phosphoric ester groups is 1. The quantitative estimate of drug-likeness (QED) is 0.748. The van der Waals surface area contributed by atoms with Gasteiger partial charge in [-0.25, -0.2) is 9.36 Å². The van der Waals surface area contributed by atoms with Gasteiger partial charge in [0.1, 0.15) is 5.75 Å². The number of benzene rings is 2. The number of para-hydroxylation sites is 1. The summed E-state index contributed by atoms with van der Waals surface area (Å²) >= 11 is 0. The Labute approximate surface area is 114 Å². The number of rotatable bonds is 4. The zero-order valence-electron chi connectivity index (χ0n) is 10.1. The van der Waals surface area contributed by atoms with Crippen LogP contribution in [0.2, 0.25) is 0 Å². The minimum atomic E-state index is -4.65. The highest BCUT2D eigenvalue weighted by atomic mass is 31.2. The summed E-state index contributed by atoms with van der Waals surface area (Å²) in [6.07, 6.45) is 0. The summed E-state index contributed by atoms with van der Waals surface area (Å²) in [4.78, 5) is 28.5. The highest BCUT2D eigenvalue weighted by Crippen LogP contribution is 2.41. The molecule has 0 aromatic heterocycles. The van der Waals surface area contributed by atoms with E-state index in [9.17, 15) is 9.36 Å². The molecule has 2 aromatic carbocycles. The molecule has 7 heteroatoms. The van der Waals surface area contributed by atoms with Gasteiger partial charge in [-0.2, -0.15) is 0 Å². The molecule has 2 rings (SSSR count). The highest BCUT2D eigenvalue weighted by Gasteiger charge is 2.18. The Balaban J connectivity index is 2.42. The first-order chi connectivity index (χ1) is 9.37. The van der Waals surface area contributed by atoms with Crippen LogP contribution in [0.15, 0.2) is 48.5 Å². The van der Waals surface area contributed by atoms with E-state index in [0.717, 1.165) is 0 Å². The average Bonchev–Trinajstić information content (AvgIpc) is 2.37. The van der Waals surface area contributed by atoms with Gasteiger partial charge < -0.3 is 9.63 Å². The summed E-state index contributed by atoms with van der Waals surface area (Å²) in [6, 6.07) is 12.2. The van der Waals surface area contributed by atoms with Crippen LogP contribution >= 0.6 is 7.82 Å². The molecule has 0 saturated carbocycles. The van der Waals surface area contributed by atoms with Gasteiger partial charge in [-0.15, -0.1) is 0 Å². The maximum atomic E-state index is 10.9. The maximum Gasteiger partial charge on any atom is 0.524 e. The molecule has 0 bridgehead atoms. The van der Waals surface area contributed by atoms with Crippen LogP contribution in [-0.4, -0.2) is 20.9 Å². The van der Waals surface area contributed by atoms with Gasteiger partial charge in [0.05, 0.1) is 5.56 Å². The number of aromatic carboxylic acids is 1. The Bertz CT molecular complexity index is 674. The maximum absolute atomic E-state index is 10.9. The molecule has 20 heavy (non-hydrogen) atoms. The summed E-state index contributed by atoms with van der Waals surface area (Å²) in [5, 5.41) is 8.83. The fourth-order valence-electron chi connectivity index (χ4n) is 1.71. The van der Waals surface area contributed by atoms with E-state index in [1.54, 1.807) is 30.3 Å². The smallest absolute Gasteiger partial charge is 0.478 e. The van der Waals surface area contributed by atoms with Gasteiger partial charge in [0.25, 0.3) is 0 Å². The van der Waals surface area contributed by atoms with E-state index in [1.807, 2.05) is 0 Å². The van der Waals surface area contributed by atoms with E-state index in [1.165, 1.54) is 18.2 Å². The Hall–Kier alpha value is -2.14. The normalized spacial score (nSPS) is 11.1. The molecule has 0 unspecified atom stereocenters. The number of hydrogen-bond acceptors (Lipinski definition) is 3. The van der Waals surface area contributed by atoms with Crippen molar-refractivity contribution in [1.29, 1.82) is 0 Å². The van der Waals surface area contributed by atoms with Crippen molar-refractivity contribution < 1.29 is 28.8 Å². The molecule has 0 fully saturated rings. The van der Waals surface area contributed by atoms with E-state index in [-0.39, 0.29) is 11.3 Å². The van der Waals surface area contributed by atoms with Crippen LogP contribution in [0.1, 0.15) is 10.4 Å². The zero-order valence-corrected chi connectivity index (χ0v) is 11.0. The average molecular weight is 294 g/mol. The SMILES string of the molecule is O=C(O)c1ccc(-c2ccccc2OP(=O)(O)O)cc1. The molecule has 0 radical (unpaired) electrons. The third kappa shape index (κ3) is 3.45. The predicted molar refractivity (Wildman–Crippen MR) is 71.5 cm³/mol. The molecular weight excluding hydrogens is 283 g/mol. The lowest BCUT2D eigenvalue weighted by molar-refractivity contribution is 0.0697. The van der Waals surface area contributed by atoms with Crippen molar-refractivity contribution in [2.45, 2.75) is 0 Å². The van der Waals surface area contributed by atoms with Crippen LogP contribution in [0.3, 0.4) is 0 Å². The second-order valence-corrected chi connectivity index (χ2v) is 5.12. The molecule has 0 aliphatic rings. The van der Waals surface area contributed by atoms with Crippen molar-refractivity contribution in [3.63, 3.8) is 0 Å². The number of phosphoric acid groups is 1. The van der Waals surface area contributed by atoms with Crippen molar-refractivity contribution in [1.82, 2.24) is 0 Å². The number of carboxylic acids is 1. The van der Waals surface area contributed by atoms with Crippen LogP contribution in [0, 0.1) is 0 Å². The van der Waals surface area contributed by atoms with Gasteiger partial charge >= 0.3 is 13.8 Å². The molecule has 0 spiro atoms. The Kier molecular flexibility index (Phi) is 3.90. The zero-order chi connectivity index (χ0) is 14.8. The Morgan fingerprint density at radius 3 is 2.15 bits per heavy atom. The summed E-state index contributed by atoms with van der Waals surface area (Å²) in [5.41, 5.74) is 1.19. The summed E-state index contributed by atoms with van der Waals surface area (Å²) < 4.78 is 15.5. The highest BCUT2D eigenvalue weighted by molar-refractivity contribution is 7.46. The fraction of sp³-hybridized carbons (Fsp3) is 0. The van der Waals surface area contributed by atoms with E-state index in [4.69, 9.17) is 14.9 Å². The van der Waals surface area contributed by atoms with E-state index < -0.39 is 13.8 Å². The molecule has 0 saturated heterocycles. The van der Waals surface area contributed by atoms with E-state index in [0.29, 0.717) is 11.1 Å². The first-order valence-electron chi connectivity index (χ1n) is 5.55. The third-order valence-electron chi connectivity index (χ3n) is 2.55. The van der Waals surface area contributed by atoms with Crippen LogP contribution in [-0.2, 0) is 4.57 Å². The van der Waals surface area contributed by atoms with Gasteiger partial charge in [0, 0.05) is 5.56 Å². The molecule has 0 amide bonds. The predicted octanol–water partition coefficient (Wildman–Crippen LogP) is 2.52. The van der Waals surface area contributed by atoms with E-state index in [2.05, 4.69) is 4.52 Å². The number of carboxylic acid groups (broad SMARTS) is 1. The molecule has 2 aromatic rings. The van der Waals surface area contributed by atoms with Crippen LogP contribution < -0.4 is 4.52 Å². The molecule has 104 valence electrons. The molecule has 0 atom stereocenters. The van der Waals surface area contributed by atoms with Gasteiger partial charge in [-0.05, 0) is 23.8 Å². The fourth-order valence-corrected chi connectivity index (χ4v) is 2.12. The summed E-state index contributed by atoms with van der Waals surface area (Å²) in [7, 11) is -4.65. The molecule has 6 nitrogen and oxygen atoms in total. The molecule has 3 N–H and O–H groups in total. The third-order valence-corrected chi connectivity index (χ3v) is 2.98. The van der Waals surface area contributed by atoms with Crippen LogP contribution in [0.25, 0.3) is 11.1 Å². The standard InChI is InChI=1S/C13H11O6P/c14-13(15)10-7-5-9(6-8-10)11-3-1-2-4-12(11)19-20(16,17)18/h1-8H,(H,14,15)(H2,16,17,18). The van der Waals surface area contributed by atoms with E-state index >= 15 is 0 Å². The lowest BCUT2D eigenvalue weighted by atomic mass is 10.0. The second kappa shape index (κ2) is 5.46. The summed E-state index contributed by atoms with van der Waals surface area (Å²) in [5.74, 6) is -1.01. The topological polar surface area (TPSA) is 104 Å². The second-order valence-electron chi connectivity index (χ2n) is 3.96. The van der Waals surface area contributed by atoms with Crippen LogP contribution in [0.4, 0.5) is 0 Å². The Morgan fingerprint density at radius 1 is 1.00 bits per heavy atom. The first kappa shape index (κ1) is 14.3. The molecular formula is C13H11O6P. The van der Waals surface area contributed by atoms with Crippen molar-refractivity contribution in [2.75, 3.05) is 0 Å². The molecule has 0 aliphatic heterocycles. The first-order valence-corrected chi connectivity index (χ1v) is 7.08. The van der Waals surface area contributed by atoms with Crippen molar-refractivity contribution >= 4 is 13.8 Å². The van der Waals surface area contributed by atoms with Crippen molar-refractivity contribution in [3.8, 4) is 16.9 Å². The minimum Gasteiger partial charge on any atom is -0.478 e. The largest absolute Gasteiger partial charge is 0.524 e. The van der Waals surface area contributed by atoms with Gasteiger partial charge in [-0.3, -0.25) is 9.79 Å². The minimum absolute atomic E-state index is 0.0314. The number of carbonyl (C=O) groups is 1. The molecule has 0 aliphatic carbocycles. The lowest BCUT2D eigenvalue weighted by Gasteiger charge is -2.11. The molecule has 0 heterocycles. The van der Waals surface area contributed by atoms with Gasteiger partial charge in [0.2, 0.25) is 0 Å². The summed E-state index contributed by atoms with van der Waals surface area (Å²) in [6.45, 7) is 0. The van der Waals surface area contributed by atoms with Crippen molar-refractivity contribution in [2.24, 2.45) is 0 Å².